The fourth-order valence-electron chi connectivity index (χ4n) is 6.37. The van der Waals surface area contributed by atoms with Crippen molar-refractivity contribution in [3.63, 3.8) is 0 Å². The first-order chi connectivity index (χ1) is 21.1. The number of nitrogens with zero attached hydrogens (tertiary/aromatic N) is 7. The molecule has 6 rings (SSSR count). The molecule has 0 unspecified atom stereocenters. The lowest BCUT2D eigenvalue weighted by atomic mass is 9.71. The van der Waals surface area contributed by atoms with E-state index < -0.39 is 0 Å². The van der Waals surface area contributed by atoms with Crippen molar-refractivity contribution in [1.29, 1.82) is 5.26 Å². The van der Waals surface area contributed by atoms with Gasteiger partial charge in [-0.3, -0.25) is 14.7 Å². The van der Waals surface area contributed by atoms with Gasteiger partial charge in [-0.15, -0.1) is 0 Å². The van der Waals surface area contributed by atoms with Gasteiger partial charge in [0.1, 0.15) is 23.4 Å². The van der Waals surface area contributed by atoms with Crippen molar-refractivity contribution in [2.45, 2.75) is 32.6 Å². The Morgan fingerprint density at radius 1 is 1.09 bits per heavy atom. The van der Waals surface area contributed by atoms with Gasteiger partial charge in [0, 0.05) is 61.8 Å². The Bertz CT molecular complexity index is 1580. The van der Waals surface area contributed by atoms with Gasteiger partial charge >= 0.3 is 0 Å². The summed E-state index contributed by atoms with van der Waals surface area (Å²) in [7, 11) is 0. The second-order valence-corrected chi connectivity index (χ2v) is 11.5. The van der Waals surface area contributed by atoms with Crippen molar-refractivity contribution in [2.75, 3.05) is 57.4 Å². The van der Waals surface area contributed by atoms with Crippen LogP contribution >= 0.6 is 0 Å². The highest BCUT2D eigenvalue weighted by Crippen LogP contribution is 2.40. The van der Waals surface area contributed by atoms with Gasteiger partial charge in [0.05, 0.1) is 49.8 Å². The molecule has 0 spiro atoms. The summed E-state index contributed by atoms with van der Waals surface area (Å²) in [5, 5.41) is 14.0. The van der Waals surface area contributed by atoms with Crippen LogP contribution in [-0.2, 0) is 16.0 Å². The van der Waals surface area contributed by atoms with Gasteiger partial charge < -0.3 is 14.4 Å². The predicted molar refractivity (Wildman–Crippen MR) is 163 cm³/mol. The summed E-state index contributed by atoms with van der Waals surface area (Å²) in [6.45, 7) is 7.60. The summed E-state index contributed by atoms with van der Waals surface area (Å²) in [4.78, 5) is 27.3. The van der Waals surface area contributed by atoms with Crippen LogP contribution in [0.5, 0.6) is 5.75 Å². The van der Waals surface area contributed by atoms with E-state index in [9.17, 15) is 10.1 Å². The average Bonchev–Trinajstić information content (AvgIpc) is 3.45. The van der Waals surface area contributed by atoms with Gasteiger partial charge in [-0.05, 0) is 61.9 Å². The lowest BCUT2D eigenvalue weighted by Crippen LogP contribution is -2.45. The Morgan fingerprint density at radius 2 is 1.93 bits per heavy atom. The normalized spacial score (nSPS) is 17.1. The minimum Gasteiger partial charge on any atom is -0.492 e. The zero-order valence-electron chi connectivity index (χ0n) is 24.6. The first-order valence-electron chi connectivity index (χ1n) is 15.0. The highest BCUT2D eigenvalue weighted by Gasteiger charge is 2.37. The molecule has 0 bridgehead atoms. The number of nitriles is 1. The highest BCUT2D eigenvalue weighted by atomic mass is 16.5. The SMILES string of the molecule is CCOc1cc(-c2ccc(N3CCC(CC(=O)CN4CCOCC4)(Cc4ccccn4)CC3)nc2)c2c(C#N)cnn2c1. The molecule has 0 N–H and O–H groups in total. The Kier molecular flexibility index (Phi) is 8.63. The van der Waals surface area contributed by atoms with Crippen LogP contribution in [0.15, 0.2) is 61.2 Å². The number of ketones is 1. The van der Waals surface area contributed by atoms with Crippen LogP contribution in [-0.4, -0.2) is 82.8 Å². The zero-order chi connectivity index (χ0) is 29.6. The van der Waals surface area contributed by atoms with E-state index in [1.807, 2.05) is 49.6 Å². The maximum atomic E-state index is 13.3. The van der Waals surface area contributed by atoms with Crippen molar-refractivity contribution in [2.24, 2.45) is 5.41 Å². The Balaban J connectivity index is 1.19. The van der Waals surface area contributed by atoms with Crippen molar-refractivity contribution in [3.05, 3.63) is 72.4 Å². The number of aromatic nitrogens is 4. The van der Waals surface area contributed by atoms with Crippen LogP contribution in [0, 0.1) is 16.7 Å². The van der Waals surface area contributed by atoms with Gasteiger partial charge in [-0.25, -0.2) is 9.50 Å². The first-order valence-corrected chi connectivity index (χ1v) is 15.0. The molecule has 0 amide bonds. The Hall–Kier alpha value is -4.33. The van der Waals surface area contributed by atoms with E-state index in [2.05, 4.69) is 32.0 Å². The molecule has 2 aliphatic rings. The van der Waals surface area contributed by atoms with Crippen LogP contribution in [0.25, 0.3) is 16.6 Å². The molecule has 2 saturated heterocycles. The van der Waals surface area contributed by atoms with E-state index in [0.29, 0.717) is 49.9 Å². The number of morpholine rings is 1. The molecule has 6 heterocycles. The molecule has 2 aliphatic heterocycles. The number of Topliss-reactive ketones (excluding diaryl/α,β-unsaturated/α-hetero) is 1. The molecule has 0 saturated carbocycles. The molecule has 4 aromatic rings. The lowest BCUT2D eigenvalue weighted by Gasteiger charge is -2.42. The maximum Gasteiger partial charge on any atom is 0.147 e. The number of hydrogen-bond acceptors (Lipinski definition) is 9. The number of rotatable bonds is 10. The summed E-state index contributed by atoms with van der Waals surface area (Å²) >= 11 is 0. The molecule has 4 aromatic heterocycles. The largest absolute Gasteiger partial charge is 0.492 e. The van der Waals surface area contributed by atoms with E-state index in [-0.39, 0.29) is 5.41 Å². The molecule has 222 valence electrons. The first kappa shape index (κ1) is 28.8. The summed E-state index contributed by atoms with van der Waals surface area (Å²) in [6.07, 6.45) is 10.2. The standard InChI is InChI=1S/C33H37N7O3/c1-2-43-29-17-30(32-26(20-34)22-37-40(32)24-29)25-6-7-31(36-21-25)39-11-8-33(9-12-39,18-27-5-3-4-10-35-27)19-28(41)23-38-13-15-42-16-14-38/h3-7,10,17,21-22,24H,2,8-9,11-16,18-19,23H2,1H3. The summed E-state index contributed by atoms with van der Waals surface area (Å²) in [5.41, 5.74) is 3.89. The quantitative estimate of drug-likeness (QED) is 0.273. The highest BCUT2D eigenvalue weighted by molar-refractivity contribution is 5.85. The zero-order valence-corrected chi connectivity index (χ0v) is 24.6. The predicted octanol–water partition coefficient (Wildman–Crippen LogP) is 4.18. The van der Waals surface area contributed by atoms with Crippen molar-refractivity contribution in [3.8, 4) is 22.9 Å². The van der Waals surface area contributed by atoms with E-state index >= 15 is 0 Å². The molecule has 10 heteroatoms. The van der Waals surface area contributed by atoms with Gasteiger partial charge in [0.15, 0.2) is 0 Å². The minimum atomic E-state index is -0.130. The number of hydrogen-bond donors (Lipinski definition) is 0. The topological polar surface area (TPSA) is 109 Å². The molecule has 2 fully saturated rings. The molecule has 0 aromatic carbocycles. The van der Waals surface area contributed by atoms with Gasteiger partial charge in [-0.1, -0.05) is 6.07 Å². The molecule has 0 atom stereocenters. The van der Waals surface area contributed by atoms with Crippen LogP contribution in [0.4, 0.5) is 5.82 Å². The van der Waals surface area contributed by atoms with E-state index in [1.54, 1.807) is 16.9 Å². The minimum absolute atomic E-state index is 0.130. The fourth-order valence-corrected chi connectivity index (χ4v) is 6.37. The Morgan fingerprint density at radius 3 is 2.63 bits per heavy atom. The summed E-state index contributed by atoms with van der Waals surface area (Å²) in [6, 6.07) is 14.3. The third kappa shape index (κ3) is 6.53. The average molecular weight is 580 g/mol. The maximum absolute atomic E-state index is 13.3. The van der Waals surface area contributed by atoms with Gasteiger partial charge in [-0.2, -0.15) is 10.4 Å². The summed E-state index contributed by atoms with van der Waals surface area (Å²) in [5.74, 6) is 1.89. The van der Waals surface area contributed by atoms with Crippen LogP contribution in [0.2, 0.25) is 0 Å². The summed E-state index contributed by atoms with van der Waals surface area (Å²) < 4.78 is 12.9. The van der Waals surface area contributed by atoms with Gasteiger partial charge in [0.25, 0.3) is 0 Å². The monoisotopic (exact) mass is 579 g/mol. The number of pyridine rings is 3. The van der Waals surface area contributed by atoms with Crippen LogP contribution in [0.1, 0.15) is 37.4 Å². The third-order valence-corrected chi connectivity index (χ3v) is 8.58. The smallest absolute Gasteiger partial charge is 0.147 e. The number of anilines is 1. The van der Waals surface area contributed by atoms with Crippen LogP contribution < -0.4 is 9.64 Å². The molecular formula is C33H37N7O3. The number of fused-ring (bicyclic) bond motifs is 1. The second kappa shape index (κ2) is 12.9. The number of ether oxygens (including phenoxy) is 2. The third-order valence-electron chi connectivity index (χ3n) is 8.58. The van der Waals surface area contributed by atoms with Crippen molar-refractivity contribution in [1.82, 2.24) is 24.5 Å². The molecule has 0 aliphatic carbocycles. The number of piperidine rings is 1. The fraction of sp³-hybridized carbons (Fsp3) is 0.424. The van der Waals surface area contributed by atoms with E-state index in [4.69, 9.17) is 14.5 Å². The second-order valence-electron chi connectivity index (χ2n) is 11.5. The van der Waals surface area contributed by atoms with E-state index in [0.717, 1.165) is 73.6 Å². The molecular weight excluding hydrogens is 542 g/mol. The van der Waals surface area contributed by atoms with Gasteiger partial charge in [0.2, 0.25) is 0 Å². The Labute approximate surface area is 251 Å². The lowest BCUT2D eigenvalue weighted by molar-refractivity contribution is -0.123. The van der Waals surface area contributed by atoms with Crippen molar-refractivity contribution >= 4 is 17.1 Å². The molecule has 43 heavy (non-hydrogen) atoms. The molecule has 10 nitrogen and oxygen atoms in total. The molecule has 0 radical (unpaired) electrons. The van der Waals surface area contributed by atoms with E-state index in [1.165, 1.54) is 0 Å². The number of carbonyl (C=O) groups excluding carboxylic acids is 1. The number of carbonyl (C=O) groups is 1. The van der Waals surface area contributed by atoms with Crippen molar-refractivity contribution < 1.29 is 14.3 Å². The van der Waals surface area contributed by atoms with Crippen LogP contribution in [0.3, 0.4) is 0 Å².